The zero-order valence-corrected chi connectivity index (χ0v) is 8.48. The van der Waals surface area contributed by atoms with Gasteiger partial charge < -0.3 is 9.30 Å². The maximum absolute atomic E-state index is 12.0. The van der Waals surface area contributed by atoms with Crippen molar-refractivity contribution in [2.75, 3.05) is 0 Å². The number of hydrogen-bond donors (Lipinski definition) is 0. The van der Waals surface area contributed by atoms with E-state index in [1.54, 1.807) is 19.2 Å². The van der Waals surface area contributed by atoms with Gasteiger partial charge in [0.25, 0.3) is 5.56 Å². The lowest BCUT2D eigenvalue weighted by Gasteiger charge is -2.08. The molecule has 0 saturated heterocycles. The van der Waals surface area contributed by atoms with E-state index in [0.29, 0.717) is 5.52 Å². The molecule has 0 atom stereocenters. The molecule has 2 aromatic rings. The summed E-state index contributed by atoms with van der Waals surface area (Å²) in [7, 11) is 1.58. The summed E-state index contributed by atoms with van der Waals surface area (Å²) in [6, 6.07) is 7.56. The lowest BCUT2D eigenvalue weighted by molar-refractivity contribution is -0.0497. The Morgan fingerprint density at radius 1 is 1.25 bits per heavy atom. The van der Waals surface area contributed by atoms with Crippen LogP contribution in [0.1, 0.15) is 0 Å². The summed E-state index contributed by atoms with van der Waals surface area (Å²) in [6.07, 6.45) is 0. The van der Waals surface area contributed by atoms with E-state index < -0.39 is 6.61 Å². The van der Waals surface area contributed by atoms with Crippen LogP contribution >= 0.6 is 0 Å². The highest BCUT2D eigenvalue weighted by molar-refractivity contribution is 5.80. The Morgan fingerprint density at radius 2 is 1.94 bits per heavy atom. The summed E-state index contributed by atoms with van der Waals surface area (Å²) in [5.74, 6) is 0.0451. The molecule has 0 N–H and O–H groups in total. The summed E-state index contributed by atoms with van der Waals surface area (Å²) in [6.45, 7) is -2.86. The molecular formula is C11H9F2NO2. The van der Waals surface area contributed by atoms with E-state index in [9.17, 15) is 13.6 Å². The highest BCUT2D eigenvalue weighted by atomic mass is 19.3. The van der Waals surface area contributed by atoms with Gasteiger partial charge in [-0.25, -0.2) is 0 Å². The number of aryl methyl sites for hydroxylation is 1. The quantitative estimate of drug-likeness (QED) is 0.784. The van der Waals surface area contributed by atoms with Crippen LogP contribution in [0.3, 0.4) is 0 Å². The molecule has 1 aromatic carbocycles. The van der Waals surface area contributed by atoms with Gasteiger partial charge in [-0.2, -0.15) is 8.78 Å². The van der Waals surface area contributed by atoms with Crippen LogP contribution in [0.5, 0.6) is 5.75 Å². The Morgan fingerprint density at radius 3 is 2.62 bits per heavy atom. The minimum Gasteiger partial charge on any atom is -0.435 e. The lowest BCUT2D eigenvalue weighted by atomic mass is 10.2. The molecule has 0 aliphatic heterocycles. The van der Waals surface area contributed by atoms with E-state index in [1.807, 2.05) is 0 Å². The van der Waals surface area contributed by atoms with Gasteiger partial charge in [0.05, 0.1) is 5.52 Å². The van der Waals surface area contributed by atoms with E-state index in [1.165, 1.54) is 22.8 Å². The van der Waals surface area contributed by atoms with Crippen molar-refractivity contribution in [3.63, 3.8) is 0 Å². The maximum atomic E-state index is 12.0. The first kappa shape index (κ1) is 10.6. The molecular weight excluding hydrogens is 216 g/mol. The summed E-state index contributed by atoms with van der Waals surface area (Å²) >= 11 is 0. The summed E-state index contributed by atoms with van der Waals surface area (Å²) in [4.78, 5) is 11.3. The third-order valence-corrected chi connectivity index (χ3v) is 2.32. The molecule has 0 fully saturated rings. The van der Waals surface area contributed by atoms with Crippen LogP contribution in [0.4, 0.5) is 8.78 Å². The minimum absolute atomic E-state index is 0.0451. The molecule has 1 aromatic heterocycles. The number of alkyl halides is 2. The average molecular weight is 225 g/mol. The predicted octanol–water partition coefficient (Wildman–Crippen LogP) is 2.14. The van der Waals surface area contributed by atoms with Crippen molar-refractivity contribution < 1.29 is 13.5 Å². The molecule has 0 saturated carbocycles. The van der Waals surface area contributed by atoms with Crippen LogP contribution < -0.4 is 10.3 Å². The van der Waals surface area contributed by atoms with Crippen molar-refractivity contribution in [2.45, 2.75) is 6.61 Å². The van der Waals surface area contributed by atoms with Gasteiger partial charge in [0.15, 0.2) is 0 Å². The van der Waals surface area contributed by atoms with Crippen LogP contribution in [0.25, 0.3) is 10.9 Å². The van der Waals surface area contributed by atoms with Gasteiger partial charge in [-0.15, -0.1) is 0 Å². The molecule has 5 heteroatoms. The van der Waals surface area contributed by atoms with Crippen LogP contribution in [-0.4, -0.2) is 11.2 Å². The zero-order valence-electron chi connectivity index (χ0n) is 8.48. The van der Waals surface area contributed by atoms with Crippen molar-refractivity contribution in [2.24, 2.45) is 7.05 Å². The van der Waals surface area contributed by atoms with Gasteiger partial charge in [0, 0.05) is 19.2 Å². The van der Waals surface area contributed by atoms with E-state index in [-0.39, 0.29) is 11.3 Å². The molecule has 0 aliphatic carbocycles. The molecule has 0 bridgehead atoms. The Bertz CT molecular complexity index is 578. The van der Waals surface area contributed by atoms with Crippen molar-refractivity contribution in [3.8, 4) is 5.75 Å². The van der Waals surface area contributed by atoms with Gasteiger partial charge in [-0.1, -0.05) is 0 Å². The number of pyridine rings is 1. The van der Waals surface area contributed by atoms with Gasteiger partial charge in [-0.05, 0) is 23.6 Å². The number of aromatic nitrogens is 1. The van der Waals surface area contributed by atoms with E-state index in [4.69, 9.17) is 0 Å². The van der Waals surface area contributed by atoms with Crippen LogP contribution in [0.2, 0.25) is 0 Å². The number of halogens is 2. The molecule has 0 spiro atoms. The topological polar surface area (TPSA) is 31.2 Å². The molecule has 84 valence electrons. The van der Waals surface area contributed by atoms with Crippen molar-refractivity contribution in [1.29, 1.82) is 0 Å². The molecule has 0 amide bonds. The van der Waals surface area contributed by atoms with Crippen LogP contribution in [0.15, 0.2) is 35.1 Å². The van der Waals surface area contributed by atoms with Gasteiger partial charge >= 0.3 is 6.61 Å². The van der Waals surface area contributed by atoms with Crippen LogP contribution in [0, 0.1) is 0 Å². The van der Waals surface area contributed by atoms with Crippen molar-refractivity contribution in [3.05, 3.63) is 40.7 Å². The SMILES string of the molecule is Cn1c(=O)ccc2ccc(OC(F)F)cc21. The zero-order chi connectivity index (χ0) is 11.7. The van der Waals surface area contributed by atoms with Gasteiger partial charge in [-0.3, -0.25) is 4.79 Å². The fourth-order valence-corrected chi connectivity index (χ4v) is 1.52. The first-order chi connectivity index (χ1) is 7.58. The maximum Gasteiger partial charge on any atom is 0.387 e. The van der Waals surface area contributed by atoms with Gasteiger partial charge in [0.1, 0.15) is 5.75 Å². The second kappa shape index (κ2) is 3.92. The average Bonchev–Trinajstić information content (AvgIpc) is 2.23. The number of ether oxygens (including phenoxy) is 1. The smallest absolute Gasteiger partial charge is 0.387 e. The second-order valence-electron chi connectivity index (χ2n) is 3.33. The number of fused-ring (bicyclic) bond motifs is 1. The highest BCUT2D eigenvalue weighted by Gasteiger charge is 2.06. The van der Waals surface area contributed by atoms with Gasteiger partial charge in [0.2, 0.25) is 0 Å². The lowest BCUT2D eigenvalue weighted by Crippen LogP contribution is -2.15. The van der Waals surface area contributed by atoms with E-state index in [0.717, 1.165) is 5.39 Å². The summed E-state index contributed by atoms with van der Waals surface area (Å²) in [5, 5.41) is 0.795. The fraction of sp³-hybridized carbons (Fsp3) is 0.182. The number of nitrogens with zero attached hydrogens (tertiary/aromatic N) is 1. The number of hydrogen-bond acceptors (Lipinski definition) is 2. The first-order valence-corrected chi connectivity index (χ1v) is 4.62. The first-order valence-electron chi connectivity index (χ1n) is 4.62. The minimum atomic E-state index is -2.86. The third kappa shape index (κ3) is 1.88. The van der Waals surface area contributed by atoms with Crippen LogP contribution in [-0.2, 0) is 7.05 Å². The fourth-order valence-electron chi connectivity index (χ4n) is 1.52. The molecule has 0 unspecified atom stereocenters. The molecule has 1 heterocycles. The normalized spacial score (nSPS) is 11.0. The second-order valence-corrected chi connectivity index (χ2v) is 3.33. The Kier molecular flexibility index (Phi) is 2.60. The Hall–Kier alpha value is -1.91. The Balaban J connectivity index is 2.60. The number of rotatable bonds is 2. The standard InChI is InChI=1S/C11H9F2NO2/c1-14-9-6-8(16-11(12)13)4-2-7(9)3-5-10(14)15/h2-6,11H,1H3. The Labute approximate surface area is 89.9 Å². The molecule has 2 rings (SSSR count). The van der Waals surface area contributed by atoms with E-state index >= 15 is 0 Å². The highest BCUT2D eigenvalue weighted by Crippen LogP contribution is 2.20. The monoisotopic (exact) mass is 225 g/mol. The molecule has 16 heavy (non-hydrogen) atoms. The number of benzene rings is 1. The molecule has 0 radical (unpaired) electrons. The van der Waals surface area contributed by atoms with Crippen molar-refractivity contribution >= 4 is 10.9 Å². The predicted molar refractivity (Wildman–Crippen MR) is 55.8 cm³/mol. The molecule has 0 aliphatic rings. The molecule has 3 nitrogen and oxygen atoms in total. The summed E-state index contributed by atoms with van der Waals surface area (Å²) < 4.78 is 29.7. The van der Waals surface area contributed by atoms with E-state index in [2.05, 4.69) is 4.74 Å². The van der Waals surface area contributed by atoms with Crippen molar-refractivity contribution in [1.82, 2.24) is 4.57 Å². The third-order valence-electron chi connectivity index (χ3n) is 2.32. The largest absolute Gasteiger partial charge is 0.435 e. The summed E-state index contributed by atoms with van der Waals surface area (Å²) in [5.41, 5.74) is 0.368.